The summed E-state index contributed by atoms with van der Waals surface area (Å²) in [6.07, 6.45) is -6.84. The van der Waals surface area contributed by atoms with Crippen molar-refractivity contribution in [3.05, 3.63) is 0 Å². The van der Waals surface area contributed by atoms with Crippen molar-refractivity contribution in [1.29, 1.82) is 0 Å². The molecule has 6 nitrogen and oxygen atoms in total. The van der Waals surface area contributed by atoms with E-state index in [2.05, 4.69) is 0 Å². The Bertz CT molecular complexity index is 155. The first-order valence-corrected chi connectivity index (χ1v) is 3.33. The van der Waals surface area contributed by atoms with Gasteiger partial charge in [0.15, 0.2) is 6.29 Å². The van der Waals surface area contributed by atoms with Crippen LogP contribution in [0.3, 0.4) is 0 Å². The summed E-state index contributed by atoms with van der Waals surface area (Å²) in [6.45, 7) is -0.760. The fourth-order valence-electron chi connectivity index (χ4n) is 0.618. The fourth-order valence-corrected chi connectivity index (χ4v) is 0.618. The summed E-state index contributed by atoms with van der Waals surface area (Å²) in [4.78, 5) is 9.90. The molecule has 0 aliphatic rings. The molecule has 80 valence electrons. The molecule has 0 amide bonds. The first kappa shape index (κ1) is 31.2. The molecule has 0 saturated carbocycles. The Morgan fingerprint density at radius 2 is 1.31 bits per heavy atom. The van der Waals surface area contributed by atoms with E-state index in [4.69, 9.17) is 25.5 Å². The summed E-state index contributed by atoms with van der Waals surface area (Å²) in [5, 5.41) is 43.5. The van der Waals surface area contributed by atoms with Gasteiger partial charge in [-0.25, -0.2) is 0 Å². The van der Waals surface area contributed by atoms with Crippen molar-refractivity contribution in [2.45, 2.75) is 24.4 Å². The Balaban J connectivity index is -0.000000101. The first-order chi connectivity index (χ1) is 5.54. The summed E-state index contributed by atoms with van der Waals surface area (Å²) >= 11 is 0. The quantitative estimate of drug-likeness (QED) is 0.243. The van der Waals surface area contributed by atoms with Gasteiger partial charge in [-0.1, -0.05) is 0 Å². The standard InChI is InChI=1S/C6H12O6.2Li.2Na.4H/c7-1-3(9)5(11)6(12)4(10)2-8;;;;;;;;/h1,3-6,8-12H,2H2;;;;;;;;/t3-,4+,5+,6+;;;;;;;;/m0......../s1. The average molecular weight is 244 g/mol. The van der Waals surface area contributed by atoms with E-state index in [0.717, 1.165) is 0 Å². The van der Waals surface area contributed by atoms with Crippen LogP contribution in [0.5, 0.6) is 0 Å². The molecule has 0 fully saturated rings. The van der Waals surface area contributed by atoms with Crippen LogP contribution in [0.15, 0.2) is 0 Å². The van der Waals surface area contributed by atoms with Gasteiger partial charge in [0.1, 0.15) is 24.4 Å². The van der Waals surface area contributed by atoms with Gasteiger partial charge in [-0.15, -0.1) is 0 Å². The number of aldehydes is 1. The molecule has 10 heteroatoms. The third kappa shape index (κ3) is 11.7. The molecular weight excluding hydrogens is 228 g/mol. The van der Waals surface area contributed by atoms with E-state index in [1.807, 2.05) is 0 Å². The van der Waals surface area contributed by atoms with Crippen molar-refractivity contribution in [2.75, 3.05) is 6.61 Å². The second kappa shape index (κ2) is 17.7. The van der Waals surface area contributed by atoms with E-state index >= 15 is 0 Å². The van der Waals surface area contributed by atoms with Crippen LogP contribution in [0.2, 0.25) is 0 Å². The number of hydrogen-bond donors (Lipinski definition) is 5. The van der Waals surface area contributed by atoms with Gasteiger partial charge < -0.3 is 30.3 Å². The van der Waals surface area contributed by atoms with Crippen molar-refractivity contribution < 1.29 is 30.3 Å². The monoisotopic (exact) mass is 244 g/mol. The van der Waals surface area contributed by atoms with E-state index in [0.29, 0.717) is 0 Å². The third-order valence-electron chi connectivity index (χ3n) is 1.42. The molecule has 0 radical (unpaired) electrons. The summed E-state index contributed by atoms with van der Waals surface area (Å²) in [5.74, 6) is 0. The van der Waals surface area contributed by atoms with Crippen LogP contribution in [0.25, 0.3) is 0 Å². The molecule has 4 atom stereocenters. The fraction of sp³-hybridized carbons (Fsp3) is 0.833. The van der Waals surface area contributed by atoms with E-state index in [1.165, 1.54) is 0 Å². The van der Waals surface area contributed by atoms with Crippen molar-refractivity contribution >= 4 is 103 Å². The minimum atomic E-state index is -1.79. The minimum absolute atomic E-state index is 0. The van der Waals surface area contributed by atoms with Crippen molar-refractivity contribution in [1.82, 2.24) is 0 Å². The van der Waals surface area contributed by atoms with Crippen molar-refractivity contribution in [2.24, 2.45) is 0 Å². The summed E-state index contributed by atoms with van der Waals surface area (Å²) in [7, 11) is 0. The number of aliphatic hydroxyl groups is 5. The number of aliphatic hydroxyl groups excluding tert-OH is 5. The van der Waals surface area contributed by atoms with Gasteiger partial charge in [0, 0.05) is 0 Å². The molecule has 0 rings (SSSR count). The zero-order chi connectivity index (χ0) is 9.72. The van der Waals surface area contributed by atoms with Gasteiger partial charge in [0.25, 0.3) is 0 Å². The average Bonchev–Trinajstić information content (AvgIpc) is 2.12. The maximum absolute atomic E-state index is 9.90. The van der Waals surface area contributed by atoms with Crippen LogP contribution in [0.1, 0.15) is 0 Å². The summed E-state index contributed by atoms with van der Waals surface area (Å²) < 4.78 is 0. The van der Waals surface area contributed by atoms with Crippen LogP contribution in [-0.4, -0.2) is 160 Å². The topological polar surface area (TPSA) is 118 Å². The number of hydrogen-bond acceptors (Lipinski definition) is 6. The van der Waals surface area contributed by atoms with Crippen LogP contribution in [0, 0.1) is 0 Å². The van der Waals surface area contributed by atoms with E-state index in [-0.39, 0.29) is 103 Å². The SMILES string of the molecule is O=C[C@H](O)[C@@H](O)[C@H](O)[C@H](O)CO.[LiH].[LiH].[NaH].[NaH]. The second-order valence-electron chi connectivity index (χ2n) is 2.36. The van der Waals surface area contributed by atoms with Crippen LogP contribution >= 0.6 is 0 Å². The Morgan fingerprint density at radius 1 is 0.938 bits per heavy atom. The molecule has 0 unspecified atom stereocenters. The maximum atomic E-state index is 9.90. The predicted octanol–water partition coefficient (Wildman–Crippen LogP) is -5.97. The molecule has 0 aromatic carbocycles. The van der Waals surface area contributed by atoms with Crippen LogP contribution in [0.4, 0.5) is 0 Å². The number of carbonyl (C=O) groups is 1. The zero-order valence-electron chi connectivity index (χ0n) is 6.24. The molecule has 5 N–H and O–H groups in total. The zero-order valence-corrected chi connectivity index (χ0v) is 6.24. The summed E-state index contributed by atoms with van der Waals surface area (Å²) in [6, 6.07) is 0. The molecule has 0 aliphatic heterocycles. The van der Waals surface area contributed by atoms with E-state index < -0.39 is 31.0 Å². The van der Waals surface area contributed by atoms with Crippen LogP contribution in [-0.2, 0) is 4.79 Å². The third-order valence-corrected chi connectivity index (χ3v) is 1.42. The molecule has 0 aromatic heterocycles. The summed E-state index contributed by atoms with van der Waals surface area (Å²) in [5.41, 5.74) is 0. The van der Waals surface area contributed by atoms with Gasteiger partial charge in [-0.3, -0.25) is 0 Å². The molecule has 0 aliphatic carbocycles. The van der Waals surface area contributed by atoms with Gasteiger partial charge in [0.2, 0.25) is 0 Å². The Kier molecular flexibility index (Phi) is 34.4. The number of rotatable bonds is 5. The molecule has 0 bridgehead atoms. The molecule has 0 heterocycles. The Morgan fingerprint density at radius 3 is 1.56 bits per heavy atom. The normalized spacial score (nSPS) is 15.8. The molecule has 0 spiro atoms. The van der Waals surface area contributed by atoms with E-state index in [9.17, 15) is 4.79 Å². The second-order valence-corrected chi connectivity index (χ2v) is 2.36. The molecular formula is C6H16Li2Na2O6. The van der Waals surface area contributed by atoms with E-state index in [1.54, 1.807) is 0 Å². The Labute approximate surface area is 162 Å². The molecule has 16 heavy (non-hydrogen) atoms. The molecule has 0 saturated heterocycles. The van der Waals surface area contributed by atoms with Crippen molar-refractivity contribution in [3.8, 4) is 0 Å². The van der Waals surface area contributed by atoms with Gasteiger partial charge in [-0.2, -0.15) is 0 Å². The Hall–Kier alpha value is 2.66. The van der Waals surface area contributed by atoms with Gasteiger partial charge in [0.05, 0.1) is 6.61 Å². The number of carbonyl (C=O) groups excluding carboxylic acids is 1. The van der Waals surface area contributed by atoms with Gasteiger partial charge in [-0.05, 0) is 0 Å². The molecule has 0 aromatic rings. The predicted molar refractivity (Wildman–Crippen MR) is 65.8 cm³/mol. The van der Waals surface area contributed by atoms with Crippen molar-refractivity contribution in [3.63, 3.8) is 0 Å². The van der Waals surface area contributed by atoms with Crippen LogP contribution < -0.4 is 0 Å². The first-order valence-electron chi connectivity index (χ1n) is 3.33. The van der Waals surface area contributed by atoms with Gasteiger partial charge >= 0.3 is 96.8 Å².